The van der Waals surface area contributed by atoms with E-state index in [0.29, 0.717) is 16.7 Å². The molecule has 0 aliphatic heterocycles. The Bertz CT molecular complexity index is 482. The molecule has 0 radical (unpaired) electrons. The Hall–Kier alpha value is -1.06. The summed E-state index contributed by atoms with van der Waals surface area (Å²) in [7, 11) is 0. The summed E-state index contributed by atoms with van der Waals surface area (Å²) in [6.45, 7) is 1.97. The van der Waals surface area contributed by atoms with Crippen LogP contribution in [0.5, 0.6) is 0 Å². The Kier molecular flexibility index (Phi) is 2.93. The minimum Gasteiger partial charge on any atom is -0.441 e. The second-order valence-electron chi connectivity index (χ2n) is 2.97. The molecule has 2 rings (SSSR count). The number of halogens is 2. The molecule has 0 bridgehead atoms. The van der Waals surface area contributed by atoms with Crippen LogP contribution in [0.3, 0.4) is 0 Å². The molecule has 0 unspecified atom stereocenters. The van der Waals surface area contributed by atoms with E-state index in [1.54, 1.807) is 18.5 Å². The van der Waals surface area contributed by atoms with Gasteiger partial charge in [-0.3, -0.25) is 0 Å². The minimum atomic E-state index is 0.288. The molecule has 0 aromatic carbocycles. The van der Waals surface area contributed by atoms with Crippen LogP contribution in [0.2, 0.25) is 10.2 Å². The lowest BCUT2D eigenvalue weighted by atomic mass is 10.2. The third-order valence-electron chi connectivity index (χ3n) is 1.94. The Morgan fingerprint density at radius 3 is 2.67 bits per heavy atom. The predicted molar refractivity (Wildman–Crippen MR) is 59.1 cm³/mol. The minimum absolute atomic E-state index is 0.288. The fourth-order valence-corrected chi connectivity index (χ4v) is 1.43. The zero-order valence-corrected chi connectivity index (χ0v) is 9.51. The lowest BCUT2D eigenvalue weighted by Crippen LogP contribution is -1.80. The molecule has 3 nitrogen and oxygen atoms in total. The van der Waals surface area contributed by atoms with Gasteiger partial charge in [0.05, 0.1) is 11.2 Å². The van der Waals surface area contributed by atoms with Crippen LogP contribution >= 0.6 is 23.2 Å². The molecule has 2 aromatic rings. The number of oxazole rings is 1. The average Bonchev–Trinajstić information content (AvgIpc) is 2.70. The van der Waals surface area contributed by atoms with Crippen molar-refractivity contribution in [1.82, 2.24) is 9.97 Å². The second-order valence-corrected chi connectivity index (χ2v) is 3.73. The first-order valence-electron chi connectivity index (χ1n) is 4.47. The van der Waals surface area contributed by atoms with Crippen molar-refractivity contribution >= 4 is 23.2 Å². The van der Waals surface area contributed by atoms with Gasteiger partial charge in [-0.1, -0.05) is 30.1 Å². The number of hydrogen-bond donors (Lipinski definition) is 0. The molecule has 78 valence electrons. The van der Waals surface area contributed by atoms with Crippen LogP contribution in [-0.4, -0.2) is 9.97 Å². The van der Waals surface area contributed by atoms with Gasteiger partial charge in [-0.25, -0.2) is 9.97 Å². The Morgan fingerprint density at radius 2 is 2.07 bits per heavy atom. The van der Waals surface area contributed by atoms with Crippen molar-refractivity contribution in [2.75, 3.05) is 0 Å². The van der Waals surface area contributed by atoms with Gasteiger partial charge in [0.15, 0.2) is 11.7 Å². The number of hydrogen-bond acceptors (Lipinski definition) is 3. The third-order valence-corrected chi connectivity index (χ3v) is 2.62. The van der Waals surface area contributed by atoms with Gasteiger partial charge in [-0.15, -0.1) is 0 Å². The van der Waals surface area contributed by atoms with Crippen molar-refractivity contribution in [3.8, 4) is 11.3 Å². The van der Waals surface area contributed by atoms with E-state index in [2.05, 4.69) is 9.97 Å². The first-order valence-corrected chi connectivity index (χ1v) is 5.22. The van der Waals surface area contributed by atoms with E-state index in [1.165, 1.54) is 0 Å². The van der Waals surface area contributed by atoms with Gasteiger partial charge in [0.1, 0.15) is 5.15 Å². The zero-order valence-electron chi connectivity index (χ0n) is 8.00. The number of aromatic nitrogens is 2. The highest BCUT2D eigenvalue weighted by molar-refractivity contribution is 6.41. The molecule has 0 spiro atoms. The normalized spacial score (nSPS) is 10.6. The lowest BCUT2D eigenvalue weighted by molar-refractivity contribution is 0.513. The summed E-state index contributed by atoms with van der Waals surface area (Å²) in [5, 5.41) is 0.694. The Labute approximate surface area is 97.1 Å². The van der Waals surface area contributed by atoms with Crippen molar-refractivity contribution in [2.24, 2.45) is 0 Å². The molecule has 2 heterocycles. The fourth-order valence-electron chi connectivity index (χ4n) is 1.16. The predicted octanol–water partition coefficient (Wildman–Crippen LogP) is 3.61. The first kappa shape index (κ1) is 10.5. The molecule has 5 heteroatoms. The average molecular weight is 243 g/mol. The highest BCUT2D eigenvalue weighted by Gasteiger charge is 2.07. The fraction of sp³-hybridized carbons (Fsp3) is 0.200. The van der Waals surface area contributed by atoms with Crippen molar-refractivity contribution in [3.05, 3.63) is 34.5 Å². The van der Waals surface area contributed by atoms with Gasteiger partial charge in [0.25, 0.3) is 0 Å². The number of nitrogens with zero attached hydrogens (tertiary/aromatic N) is 2. The van der Waals surface area contributed by atoms with Gasteiger partial charge < -0.3 is 4.42 Å². The van der Waals surface area contributed by atoms with Gasteiger partial charge in [-0.05, 0) is 6.07 Å². The molecule has 2 aromatic heterocycles. The maximum Gasteiger partial charge on any atom is 0.194 e. The van der Waals surface area contributed by atoms with Crippen LogP contribution in [0, 0.1) is 0 Å². The summed E-state index contributed by atoms with van der Waals surface area (Å²) in [5.74, 6) is 1.34. The van der Waals surface area contributed by atoms with Crippen LogP contribution in [-0.2, 0) is 6.42 Å². The summed E-state index contributed by atoms with van der Waals surface area (Å²) in [4.78, 5) is 8.03. The molecule has 15 heavy (non-hydrogen) atoms. The summed E-state index contributed by atoms with van der Waals surface area (Å²) in [5.41, 5.74) is 0.775. The summed E-state index contributed by atoms with van der Waals surface area (Å²) in [6.07, 6.45) is 4.02. The van der Waals surface area contributed by atoms with Crippen molar-refractivity contribution < 1.29 is 4.42 Å². The molecule has 0 N–H and O–H groups in total. The van der Waals surface area contributed by atoms with E-state index in [0.717, 1.165) is 12.0 Å². The second kappa shape index (κ2) is 4.21. The highest BCUT2D eigenvalue weighted by Crippen LogP contribution is 2.26. The monoisotopic (exact) mass is 242 g/mol. The van der Waals surface area contributed by atoms with E-state index >= 15 is 0 Å². The third kappa shape index (κ3) is 2.13. The van der Waals surface area contributed by atoms with Crippen LogP contribution < -0.4 is 0 Å². The van der Waals surface area contributed by atoms with E-state index in [-0.39, 0.29) is 5.15 Å². The van der Waals surface area contributed by atoms with Crippen molar-refractivity contribution in [3.63, 3.8) is 0 Å². The summed E-state index contributed by atoms with van der Waals surface area (Å²) in [6, 6.07) is 1.71. The Morgan fingerprint density at radius 1 is 1.27 bits per heavy atom. The summed E-state index contributed by atoms with van der Waals surface area (Å²) >= 11 is 11.6. The molecule has 0 saturated carbocycles. The van der Waals surface area contributed by atoms with Gasteiger partial charge in [-0.2, -0.15) is 0 Å². The topological polar surface area (TPSA) is 38.9 Å². The van der Waals surface area contributed by atoms with Gasteiger partial charge in [0.2, 0.25) is 0 Å². The molecule has 0 amide bonds. The summed E-state index contributed by atoms with van der Waals surface area (Å²) < 4.78 is 5.46. The molecule has 0 atom stereocenters. The van der Waals surface area contributed by atoms with E-state index in [1.807, 2.05) is 6.92 Å². The standard InChI is InChI=1S/C10H8Cl2N2O/c1-2-9-13-5-8(15-9)6-3-7(11)10(12)14-4-6/h3-5H,2H2,1H3. The van der Waals surface area contributed by atoms with Crippen LogP contribution in [0.1, 0.15) is 12.8 Å². The molecular formula is C10H8Cl2N2O. The van der Waals surface area contributed by atoms with Crippen LogP contribution in [0.4, 0.5) is 0 Å². The van der Waals surface area contributed by atoms with Gasteiger partial charge >= 0.3 is 0 Å². The number of aryl methyl sites for hydroxylation is 1. The van der Waals surface area contributed by atoms with Gasteiger partial charge in [0, 0.05) is 18.2 Å². The lowest BCUT2D eigenvalue weighted by Gasteiger charge is -1.97. The number of rotatable bonds is 2. The maximum atomic E-state index is 5.85. The van der Waals surface area contributed by atoms with Crippen molar-refractivity contribution in [2.45, 2.75) is 13.3 Å². The maximum absolute atomic E-state index is 5.85. The smallest absolute Gasteiger partial charge is 0.194 e. The Balaban J connectivity index is 2.40. The SMILES string of the molecule is CCc1ncc(-c2cnc(Cl)c(Cl)c2)o1. The molecule has 0 saturated heterocycles. The molecule has 0 fully saturated rings. The van der Waals surface area contributed by atoms with Crippen LogP contribution in [0.25, 0.3) is 11.3 Å². The first-order chi connectivity index (χ1) is 7.20. The van der Waals surface area contributed by atoms with E-state index < -0.39 is 0 Å². The van der Waals surface area contributed by atoms with E-state index in [9.17, 15) is 0 Å². The van der Waals surface area contributed by atoms with Crippen molar-refractivity contribution in [1.29, 1.82) is 0 Å². The largest absolute Gasteiger partial charge is 0.441 e. The van der Waals surface area contributed by atoms with E-state index in [4.69, 9.17) is 27.6 Å². The zero-order chi connectivity index (χ0) is 10.8. The highest BCUT2D eigenvalue weighted by atomic mass is 35.5. The number of pyridine rings is 1. The molecule has 0 aliphatic carbocycles. The molecule has 0 aliphatic rings. The molecular weight excluding hydrogens is 235 g/mol. The van der Waals surface area contributed by atoms with Crippen LogP contribution in [0.15, 0.2) is 22.9 Å². The quantitative estimate of drug-likeness (QED) is 0.756.